The Bertz CT molecular complexity index is 4010. The van der Waals surface area contributed by atoms with Gasteiger partial charge in [-0.15, -0.1) is 11.0 Å². The number of ether oxygens (including phenoxy) is 13. The second kappa shape index (κ2) is 52.4. The van der Waals surface area contributed by atoms with Gasteiger partial charge in [0.1, 0.15) is 67.8 Å². The summed E-state index contributed by atoms with van der Waals surface area (Å²) >= 11 is 0. The maximum absolute atomic E-state index is 18.1. The number of allylic oxidation sites excluding steroid dienone is 4. The van der Waals surface area contributed by atoms with Crippen LogP contribution in [0, 0.1) is 40.4 Å². The standard InChI is InChI=1S/C92H141F2N11O23/c1-10-21-83-127-78-58-69-70-57-72(93)71-56-66(106)31-34-89(71,5)91(70,94)76(107)59-90(69,6)92(78,128-83)77(108)60-124-68-29-27-65(28-30-68)99-86(113)64(4)98-88(115)84(63(2)3)101-87(114)73(100-80(110)33-41-117-45-49-121-52-54-122-50-46-118-42-37-97-81(111)61-125-67-22-15-12-11-13-16-23-67)24-19-20-35-95-82(112)62-126-75-26-18-14-17-25-74-85(75)102-103-104(74)38-43-119-47-51-123-55-53-120-48-44-116-40-32-79(109)96-36-39-105(7,8)9/h27-31,34,56,63-64,67,69-70,72-73,75-76,78,83-84,107H,10-15,17-22,24-26,32-33,35-55,57-62H2,1-9H3,(H6-,95,96,97,98,99,100,101,109,110,111,112,113,114,115)/p+1/t64-,67?,69-,70-,72-,73+,75?,76-,78+,83?,84-,89-,90-,91-,92+/m0/s1. The number of rotatable bonds is 58. The van der Waals surface area contributed by atoms with Crippen LogP contribution < -0.4 is 42.0 Å². The quantitative estimate of drug-likeness (QED) is 0.0218. The summed E-state index contributed by atoms with van der Waals surface area (Å²) in [4.78, 5) is 121. The number of likely N-dealkylation sites (N-methyl/N-ethyl adjacent to an activating group) is 1. The van der Waals surface area contributed by atoms with Crippen molar-refractivity contribution in [2.75, 3.05) is 178 Å². The number of carbonyl (C=O) groups is 9. The van der Waals surface area contributed by atoms with Crippen LogP contribution in [0.15, 0.2) is 48.1 Å². The van der Waals surface area contributed by atoms with Gasteiger partial charge in [-0.3, -0.25) is 43.2 Å². The van der Waals surface area contributed by atoms with Crippen molar-refractivity contribution < 1.29 is 123 Å². The number of quaternary nitrogens is 1. The zero-order chi connectivity index (χ0) is 92.1. The number of anilines is 1. The van der Waals surface area contributed by atoms with E-state index in [0.29, 0.717) is 149 Å². The van der Waals surface area contributed by atoms with E-state index >= 15 is 8.78 Å². The summed E-state index contributed by atoms with van der Waals surface area (Å²) in [7, 11) is 6.22. The first kappa shape index (κ1) is 104. The SMILES string of the molecule is CCCC1O[C@@H]2C[C@H]3[C@@H]4C[C@H](F)C5=CC(=O)C=C[C@]5(C)[C@@]4(F)[C@@H](O)C[C@]3(C)[C@]2(C(=O)COc2ccc(NC(=O)[C@H](C)NC(=O)[C@@H](NC(=O)[C@@H](CCCCNC(=O)COC3CCCCCc4c3nnn4CCOCCOCCOCCOCCC(=O)NCC[N+](C)(C)C)NC(=O)CCOCCOCCOCCOCCNC(=O)COC3C#CCCCCC3)C(C)C)cc2)O1. The molecule has 2 heterocycles. The molecule has 2 aromatic rings. The lowest BCUT2D eigenvalue weighted by Crippen LogP contribution is -2.71. The van der Waals surface area contributed by atoms with Crippen LogP contribution in [0.25, 0.3) is 0 Å². The maximum atomic E-state index is 18.1. The molecular weight excluding hydrogens is 1670 g/mol. The van der Waals surface area contributed by atoms with Gasteiger partial charge < -0.3 is 108 Å². The van der Waals surface area contributed by atoms with Crippen LogP contribution in [0.3, 0.4) is 0 Å². The van der Waals surface area contributed by atoms with Gasteiger partial charge in [0.05, 0.1) is 164 Å². The number of nitrogens with zero attached hydrogens (tertiary/aromatic N) is 4. The van der Waals surface area contributed by atoms with Crippen LogP contribution in [-0.4, -0.2) is 311 Å². The van der Waals surface area contributed by atoms with Crippen molar-refractivity contribution >= 4 is 58.6 Å². The van der Waals surface area contributed by atoms with Gasteiger partial charge in [-0.25, -0.2) is 13.5 Å². The Morgan fingerprint density at radius 3 is 1.95 bits per heavy atom. The predicted octanol–water partition coefficient (Wildman–Crippen LogP) is 5.87. The summed E-state index contributed by atoms with van der Waals surface area (Å²) in [6.07, 6.45) is 8.95. The lowest BCUT2D eigenvalue weighted by atomic mass is 9.44. The van der Waals surface area contributed by atoms with Gasteiger partial charge in [0, 0.05) is 54.8 Å². The van der Waals surface area contributed by atoms with Crippen LogP contribution in [0.1, 0.15) is 181 Å². The molecule has 1 aromatic heterocycles. The minimum Gasteiger partial charge on any atom is -0.486 e. The van der Waals surface area contributed by atoms with E-state index in [2.05, 4.69) is 80.5 Å². The number of amides is 7. The lowest BCUT2D eigenvalue weighted by molar-refractivity contribution is -0.869. The van der Waals surface area contributed by atoms with Crippen LogP contribution in [0.2, 0.25) is 0 Å². The molecule has 1 aromatic carbocycles. The molecule has 3 saturated carbocycles. The molecule has 6 aliphatic carbocycles. The largest absolute Gasteiger partial charge is 0.486 e. The van der Waals surface area contributed by atoms with Gasteiger partial charge in [0.25, 0.3) is 0 Å². The number of hydrogen-bond donors (Lipinski definition) is 8. The van der Waals surface area contributed by atoms with Crippen molar-refractivity contribution in [3.8, 4) is 17.6 Å². The summed E-state index contributed by atoms with van der Waals surface area (Å²) in [6.45, 7) is 16.7. The Hall–Kier alpha value is -7.87. The van der Waals surface area contributed by atoms with Crippen LogP contribution >= 0.6 is 0 Å². The van der Waals surface area contributed by atoms with Crippen LogP contribution in [0.5, 0.6) is 5.75 Å². The Labute approximate surface area is 751 Å². The van der Waals surface area contributed by atoms with Gasteiger partial charge in [0.2, 0.25) is 47.1 Å². The Balaban J connectivity index is 0.704. The van der Waals surface area contributed by atoms with E-state index in [0.717, 1.165) is 80.6 Å². The fourth-order valence-electron chi connectivity index (χ4n) is 18.0. The summed E-state index contributed by atoms with van der Waals surface area (Å²) in [5.74, 6) is 0.182. The summed E-state index contributed by atoms with van der Waals surface area (Å²) in [5.41, 5.74) is -4.99. The van der Waals surface area contributed by atoms with Crippen LogP contribution in [0.4, 0.5) is 14.5 Å². The van der Waals surface area contributed by atoms with Gasteiger partial charge in [-0.05, 0) is 151 Å². The van der Waals surface area contributed by atoms with E-state index in [1.54, 1.807) is 32.9 Å². The van der Waals surface area contributed by atoms with Crippen molar-refractivity contribution in [1.29, 1.82) is 0 Å². The van der Waals surface area contributed by atoms with Crippen molar-refractivity contribution in [2.24, 2.45) is 28.6 Å². The smallest absolute Gasteiger partial charge is 0.246 e. The number of aromatic nitrogens is 3. The highest BCUT2D eigenvalue weighted by molar-refractivity contribution is 6.02. The van der Waals surface area contributed by atoms with Gasteiger partial charge in [-0.1, -0.05) is 70.6 Å². The van der Waals surface area contributed by atoms with Crippen molar-refractivity contribution in [2.45, 2.75) is 243 Å². The highest BCUT2D eigenvalue weighted by atomic mass is 19.1. The van der Waals surface area contributed by atoms with E-state index in [9.17, 15) is 48.3 Å². The molecule has 7 aliphatic rings. The lowest BCUT2D eigenvalue weighted by Gasteiger charge is -2.63. The molecule has 0 bridgehead atoms. The Morgan fingerprint density at radius 1 is 0.672 bits per heavy atom. The molecule has 7 amide bonds. The number of alkyl halides is 2. The summed E-state index contributed by atoms with van der Waals surface area (Å²) < 4.78 is 113. The number of hydrogen-bond acceptors (Lipinski definition) is 25. The average molecular weight is 1810 g/mol. The molecule has 3 unspecified atom stereocenters. The molecule has 0 radical (unpaired) electrons. The van der Waals surface area contributed by atoms with E-state index in [4.69, 9.17) is 61.6 Å². The average Bonchev–Trinajstić information content (AvgIpc) is 1.46. The third-order valence-electron chi connectivity index (χ3n) is 25.0. The number of halogens is 2. The number of carbonyl (C=O) groups excluding carboxylic acids is 9. The highest BCUT2D eigenvalue weighted by Gasteiger charge is 2.80. The highest BCUT2D eigenvalue weighted by Crippen LogP contribution is 2.72. The molecule has 128 heavy (non-hydrogen) atoms. The number of ketones is 2. The molecule has 36 heteroatoms. The normalized spacial score (nSPS) is 25.4. The molecule has 9 rings (SSSR count). The Kier molecular flexibility index (Phi) is 42.5. The molecule has 1 saturated heterocycles. The van der Waals surface area contributed by atoms with Gasteiger partial charge in [-0.2, -0.15) is 0 Å². The molecule has 1 aliphatic heterocycles. The van der Waals surface area contributed by atoms with Crippen LogP contribution in [-0.2, 0) is 113 Å². The van der Waals surface area contributed by atoms with Gasteiger partial charge in [0.15, 0.2) is 23.3 Å². The topological polar surface area (TPSA) is 409 Å². The first-order valence-corrected chi connectivity index (χ1v) is 46.1. The molecule has 34 nitrogen and oxygen atoms in total. The molecule has 716 valence electrons. The fourth-order valence-corrected chi connectivity index (χ4v) is 18.0. The summed E-state index contributed by atoms with van der Waals surface area (Å²) in [6, 6.07) is 2.70. The monoisotopic (exact) mass is 1810 g/mol. The molecule has 0 spiro atoms. The van der Waals surface area contributed by atoms with E-state index in [-0.39, 0.29) is 113 Å². The fraction of sp³-hybridized carbons (Fsp3) is 0.750. The number of benzene rings is 1. The third-order valence-corrected chi connectivity index (χ3v) is 25.0. The third kappa shape index (κ3) is 30.3. The predicted molar refractivity (Wildman–Crippen MR) is 466 cm³/mol. The van der Waals surface area contributed by atoms with E-state index in [1.165, 1.54) is 38.1 Å². The molecular formula is C92H142F2N11O23+. The number of nitrogens with one attached hydrogen (secondary N) is 7. The number of aliphatic hydroxyl groups is 1. The minimum absolute atomic E-state index is 0.00205. The zero-order valence-electron chi connectivity index (χ0n) is 76.6. The Morgan fingerprint density at radius 2 is 1.29 bits per heavy atom. The summed E-state index contributed by atoms with van der Waals surface area (Å²) in [5, 5.41) is 40.7. The molecule has 8 N–H and O–H groups in total. The zero-order valence-corrected chi connectivity index (χ0v) is 76.6. The van der Waals surface area contributed by atoms with E-state index < -0.39 is 131 Å². The first-order valence-electron chi connectivity index (χ1n) is 46.1. The molecule has 4 fully saturated rings. The van der Waals surface area contributed by atoms with Gasteiger partial charge >= 0.3 is 0 Å². The minimum atomic E-state index is -2.38. The van der Waals surface area contributed by atoms with Crippen molar-refractivity contribution in [3.05, 3.63) is 59.5 Å². The van der Waals surface area contributed by atoms with Crippen molar-refractivity contribution in [1.82, 2.24) is 46.9 Å². The second-order valence-corrected chi connectivity index (χ2v) is 35.8. The maximum Gasteiger partial charge on any atom is 0.246 e. The number of fused-ring (bicyclic) bond motifs is 8. The van der Waals surface area contributed by atoms with E-state index in [1.807, 2.05) is 11.6 Å². The molecule has 15 atom stereocenters. The second-order valence-electron chi connectivity index (χ2n) is 35.8. The first-order chi connectivity index (χ1) is 61.5. The number of unbranched alkanes of at least 4 members (excludes halogenated alkanes) is 1. The number of aliphatic hydroxyl groups excluding tert-OH is 1. The number of Topliss-reactive ketones (excluding diaryl/α,β-unsaturated/α-hetero) is 1. The van der Waals surface area contributed by atoms with Crippen molar-refractivity contribution in [3.63, 3.8) is 0 Å².